The van der Waals surface area contributed by atoms with Gasteiger partial charge in [0, 0.05) is 22.1 Å². The van der Waals surface area contributed by atoms with E-state index in [2.05, 4.69) is 0 Å². The SMILES string of the molecule is Cc1ccccc1C(=O)c1ccc(Sc2ccccc2)c([N+](=O)[O-])c1. The Hall–Kier alpha value is -2.92. The van der Waals surface area contributed by atoms with Crippen LogP contribution in [0.1, 0.15) is 21.5 Å². The zero-order valence-corrected chi connectivity index (χ0v) is 14.3. The highest BCUT2D eigenvalue weighted by atomic mass is 32.2. The standard InChI is InChI=1S/C20H15NO3S/c1-14-7-5-6-10-17(14)20(22)15-11-12-19(18(13-15)21(23)24)25-16-8-3-2-4-9-16/h2-13H,1H3. The molecule has 0 N–H and O–H groups in total. The third-order valence-corrected chi connectivity index (χ3v) is 4.85. The van der Waals surface area contributed by atoms with E-state index in [0.717, 1.165) is 10.5 Å². The van der Waals surface area contributed by atoms with Crippen LogP contribution in [0.15, 0.2) is 82.6 Å². The number of ketones is 1. The molecule has 5 heteroatoms. The molecule has 0 radical (unpaired) electrons. The topological polar surface area (TPSA) is 60.2 Å². The molecule has 0 aliphatic carbocycles. The van der Waals surface area contributed by atoms with E-state index >= 15 is 0 Å². The Morgan fingerprint density at radius 3 is 2.32 bits per heavy atom. The second-order valence-electron chi connectivity index (χ2n) is 5.50. The molecule has 0 bridgehead atoms. The average Bonchev–Trinajstić information content (AvgIpc) is 2.62. The molecule has 0 spiro atoms. The smallest absolute Gasteiger partial charge is 0.283 e. The second kappa shape index (κ2) is 7.32. The first-order valence-corrected chi connectivity index (χ1v) is 8.49. The Kier molecular flexibility index (Phi) is 4.95. The molecule has 124 valence electrons. The number of carbonyl (C=O) groups is 1. The fourth-order valence-corrected chi connectivity index (χ4v) is 3.41. The van der Waals surface area contributed by atoms with E-state index in [1.165, 1.54) is 17.8 Å². The van der Waals surface area contributed by atoms with Crippen LogP contribution in [0, 0.1) is 17.0 Å². The number of carbonyl (C=O) groups excluding carboxylic acids is 1. The number of nitro benzene ring substituents is 1. The Morgan fingerprint density at radius 1 is 0.960 bits per heavy atom. The molecular weight excluding hydrogens is 334 g/mol. The van der Waals surface area contributed by atoms with Gasteiger partial charge in [-0.25, -0.2) is 0 Å². The third kappa shape index (κ3) is 3.78. The molecule has 3 aromatic carbocycles. The van der Waals surface area contributed by atoms with Crippen LogP contribution in [0.4, 0.5) is 5.69 Å². The van der Waals surface area contributed by atoms with Crippen molar-refractivity contribution in [2.24, 2.45) is 0 Å². The minimum absolute atomic E-state index is 0.0618. The first-order valence-electron chi connectivity index (χ1n) is 7.68. The highest BCUT2D eigenvalue weighted by Gasteiger charge is 2.20. The van der Waals surface area contributed by atoms with Gasteiger partial charge < -0.3 is 0 Å². The molecule has 3 rings (SSSR count). The van der Waals surface area contributed by atoms with Crippen molar-refractivity contribution in [3.05, 3.63) is 99.6 Å². The van der Waals surface area contributed by atoms with Gasteiger partial charge in [0.2, 0.25) is 0 Å². The predicted molar refractivity (Wildman–Crippen MR) is 98.3 cm³/mol. The van der Waals surface area contributed by atoms with Gasteiger partial charge in [-0.3, -0.25) is 14.9 Å². The zero-order chi connectivity index (χ0) is 17.8. The summed E-state index contributed by atoms with van der Waals surface area (Å²) in [7, 11) is 0. The minimum Gasteiger partial charge on any atom is -0.289 e. The molecule has 0 aliphatic heterocycles. The van der Waals surface area contributed by atoms with Gasteiger partial charge in [0.25, 0.3) is 5.69 Å². The molecule has 0 saturated carbocycles. The van der Waals surface area contributed by atoms with Crippen molar-refractivity contribution in [1.29, 1.82) is 0 Å². The van der Waals surface area contributed by atoms with Gasteiger partial charge in [-0.05, 0) is 36.8 Å². The Bertz CT molecular complexity index is 939. The largest absolute Gasteiger partial charge is 0.289 e. The summed E-state index contributed by atoms with van der Waals surface area (Å²) < 4.78 is 0. The number of hydrogen-bond donors (Lipinski definition) is 0. The van der Waals surface area contributed by atoms with Crippen molar-refractivity contribution in [2.75, 3.05) is 0 Å². The van der Waals surface area contributed by atoms with Gasteiger partial charge >= 0.3 is 0 Å². The average molecular weight is 349 g/mol. The van der Waals surface area contributed by atoms with E-state index in [9.17, 15) is 14.9 Å². The molecular formula is C20H15NO3S. The van der Waals surface area contributed by atoms with E-state index in [1.807, 2.05) is 49.4 Å². The Morgan fingerprint density at radius 2 is 1.64 bits per heavy atom. The van der Waals surface area contributed by atoms with Crippen LogP contribution in [-0.4, -0.2) is 10.7 Å². The van der Waals surface area contributed by atoms with Gasteiger partial charge in [0.15, 0.2) is 5.78 Å². The van der Waals surface area contributed by atoms with Crippen LogP contribution in [0.3, 0.4) is 0 Å². The van der Waals surface area contributed by atoms with Gasteiger partial charge in [-0.2, -0.15) is 0 Å². The van der Waals surface area contributed by atoms with Crippen molar-refractivity contribution in [1.82, 2.24) is 0 Å². The second-order valence-corrected chi connectivity index (χ2v) is 6.61. The highest BCUT2D eigenvalue weighted by molar-refractivity contribution is 7.99. The lowest BCUT2D eigenvalue weighted by Gasteiger charge is -2.07. The molecule has 3 aromatic rings. The summed E-state index contributed by atoms with van der Waals surface area (Å²) in [6.07, 6.45) is 0. The first-order chi connectivity index (χ1) is 12.1. The van der Waals surface area contributed by atoms with E-state index < -0.39 is 4.92 Å². The summed E-state index contributed by atoms with van der Waals surface area (Å²) in [5.74, 6) is -0.211. The van der Waals surface area contributed by atoms with Crippen LogP contribution in [0.5, 0.6) is 0 Å². The minimum atomic E-state index is -0.445. The molecule has 4 nitrogen and oxygen atoms in total. The lowest BCUT2D eigenvalue weighted by Crippen LogP contribution is -2.04. The van der Waals surface area contributed by atoms with E-state index in [0.29, 0.717) is 16.0 Å². The van der Waals surface area contributed by atoms with Crippen LogP contribution in [0.2, 0.25) is 0 Å². The third-order valence-electron chi connectivity index (χ3n) is 3.78. The molecule has 0 amide bonds. The van der Waals surface area contributed by atoms with Crippen molar-refractivity contribution in [2.45, 2.75) is 16.7 Å². The maximum Gasteiger partial charge on any atom is 0.283 e. The lowest BCUT2D eigenvalue weighted by molar-refractivity contribution is -0.387. The molecule has 0 aromatic heterocycles. The first kappa shape index (κ1) is 16.9. The fraction of sp³-hybridized carbons (Fsp3) is 0.0500. The number of nitro groups is 1. The summed E-state index contributed by atoms with van der Waals surface area (Å²) in [5, 5.41) is 11.5. The maximum absolute atomic E-state index is 12.7. The van der Waals surface area contributed by atoms with Crippen molar-refractivity contribution < 1.29 is 9.72 Å². The molecule has 0 aliphatic rings. The molecule has 0 fully saturated rings. The number of rotatable bonds is 5. The van der Waals surface area contributed by atoms with Crippen LogP contribution >= 0.6 is 11.8 Å². The molecule has 0 saturated heterocycles. The van der Waals surface area contributed by atoms with Crippen LogP contribution in [0.25, 0.3) is 0 Å². The number of benzene rings is 3. The monoisotopic (exact) mass is 349 g/mol. The summed E-state index contributed by atoms with van der Waals surface area (Å²) in [6, 6.07) is 21.3. The molecule has 0 unspecified atom stereocenters. The number of hydrogen-bond acceptors (Lipinski definition) is 4. The summed E-state index contributed by atoms with van der Waals surface area (Å²) in [4.78, 5) is 25.1. The number of aryl methyl sites for hydroxylation is 1. The van der Waals surface area contributed by atoms with Gasteiger partial charge in [-0.15, -0.1) is 0 Å². The molecule has 25 heavy (non-hydrogen) atoms. The molecule has 0 atom stereocenters. The summed E-state index contributed by atoms with van der Waals surface area (Å²) in [6.45, 7) is 1.85. The van der Waals surface area contributed by atoms with Crippen LogP contribution in [-0.2, 0) is 0 Å². The zero-order valence-electron chi connectivity index (χ0n) is 13.5. The maximum atomic E-state index is 12.7. The van der Waals surface area contributed by atoms with E-state index in [4.69, 9.17) is 0 Å². The molecule has 0 heterocycles. The Labute approximate surface area is 149 Å². The van der Waals surface area contributed by atoms with Crippen molar-refractivity contribution in [3.8, 4) is 0 Å². The predicted octanol–water partition coefficient (Wildman–Crippen LogP) is 5.29. The van der Waals surface area contributed by atoms with Crippen molar-refractivity contribution >= 4 is 23.2 Å². The van der Waals surface area contributed by atoms with E-state index in [1.54, 1.807) is 24.3 Å². The lowest BCUT2D eigenvalue weighted by atomic mass is 9.99. The fourth-order valence-electron chi connectivity index (χ4n) is 2.49. The summed E-state index contributed by atoms with van der Waals surface area (Å²) >= 11 is 1.31. The van der Waals surface area contributed by atoms with Crippen molar-refractivity contribution in [3.63, 3.8) is 0 Å². The highest BCUT2D eigenvalue weighted by Crippen LogP contribution is 2.35. The Balaban J connectivity index is 1.98. The van der Waals surface area contributed by atoms with Gasteiger partial charge in [0.1, 0.15) is 0 Å². The number of nitrogens with zero attached hydrogens (tertiary/aromatic N) is 1. The summed E-state index contributed by atoms with van der Waals surface area (Å²) in [5.41, 5.74) is 1.66. The van der Waals surface area contributed by atoms with E-state index in [-0.39, 0.29) is 11.5 Å². The quantitative estimate of drug-likeness (QED) is 0.357. The van der Waals surface area contributed by atoms with Gasteiger partial charge in [-0.1, -0.05) is 54.2 Å². The normalized spacial score (nSPS) is 10.4. The van der Waals surface area contributed by atoms with Crippen LogP contribution < -0.4 is 0 Å². The van der Waals surface area contributed by atoms with Gasteiger partial charge in [0.05, 0.1) is 9.82 Å².